The summed E-state index contributed by atoms with van der Waals surface area (Å²) in [6.45, 7) is 4.71. The van der Waals surface area contributed by atoms with Crippen LogP contribution in [0.3, 0.4) is 0 Å². The highest BCUT2D eigenvalue weighted by molar-refractivity contribution is 6.05. The molecule has 0 aliphatic rings. The molecule has 2 aromatic carbocycles. The Hall–Kier alpha value is -2.62. The van der Waals surface area contributed by atoms with Crippen molar-refractivity contribution in [2.75, 3.05) is 11.9 Å². The zero-order chi connectivity index (χ0) is 17.4. The van der Waals surface area contributed by atoms with Gasteiger partial charge in [0.05, 0.1) is 0 Å². The molecule has 0 radical (unpaired) electrons. The number of anilines is 1. The predicted octanol–water partition coefficient (Wildman–Crippen LogP) is 4.17. The highest BCUT2D eigenvalue weighted by Crippen LogP contribution is 2.18. The smallest absolute Gasteiger partial charge is 0.255 e. The van der Waals surface area contributed by atoms with E-state index in [9.17, 15) is 9.59 Å². The molecule has 0 aliphatic carbocycles. The topological polar surface area (TPSA) is 58.2 Å². The van der Waals surface area contributed by atoms with Crippen LogP contribution in [0.4, 0.5) is 5.69 Å². The van der Waals surface area contributed by atoms with E-state index in [1.807, 2.05) is 31.2 Å². The minimum Gasteiger partial charge on any atom is -0.352 e. The number of hydrogen-bond donors (Lipinski definition) is 2. The summed E-state index contributed by atoms with van der Waals surface area (Å²) in [6.07, 6.45) is 3.20. The molecule has 0 heterocycles. The molecule has 0 aromatic heterocycles. The van der Waals surface area contributed by atoms with E-state index in [1.54, 1.807) is 24.3 Å². The van der Waals surface area contributed by atoms with Gasteiger partial charge in [-0.05, 0) is 43.2 Å². The largest absolute Gasteiger partial charge is 0.352 e. The van der Waals surface area contributed by atoms with Crippen molar-refractivity contribution in [3.8, 4) is 0 Å². The number of carbonyl (C=O) groups is 2. The number of hydrogen-bond acceptors (Lipinski definition) is 2. The molecule has 0 saturated heterocycles. The molecule has 0 spiro atoms. The van der Waals surface area contributed by atoms with Crippen molar-refractivity contribution < 1.29 is 9.59 Å². The van der Waals surface area contributed by atoms with Gasteiger partial charge in [-0.3, -0.25) is 9.59 Å². The van der Waals surface area contributed by atoms with Crippen LogP contribution in [0, 0.1) is 6.92 Å². The third kappa shape index (κ3) is 4.95. The first kappa shape index (κ1) is 17.7. The van der Waals surface area contributed by atoms with E-state index in [0.29, 0.717) is 23.4 Å². The number of amides is 2. The van der Waals surface area contributed by atoms with Crippen molar-refractivity contribution in [3.05, 3.63) is 65.2 Å². The van der Waals surface area contributed by atoms with E-state index >= 15 is 0 Å². The zero-order valence-corrected chi connectivity index (χ0v) is 14.3. The second kappa shape index (κ2) is 8.87. The van der Waals surface area contributed by atoms with Crippen molar-refractivity contribution in [2.45, 2.75) is 33.1 Å². The van der Waals surface area contributed by atoms with E-state index in [2.05, 4.69) is 17.6 Å². The summed E-state index contributed by atoms with van der Waals surface area (Å²) in [6, 6.07) is 14.4. The van der Waals surface area contributed by atoms with Crippen LogP contribution in [0.25, 0.3) is 0 Å². The van der Waals surface area contributed by atoms with Gasteiger partial charge in [-0.25, -0.2) is 0 Å². The van der Waals surface area contributed by atoms with E-state index in [1.165, 1.54) is 0 Å². The van der Waals surface area contributed by atoms with Crippen LogP contribution in [0.1, 0.15) is 52.5 Å². The molecular weight excluding hydrogens is 300 g/mol. The second-order valence-corrected chi connectivity index (χ2v) is 5.81. The Morgan fingerprint density at radius 1 is 0.917 bits per heavy atom. The van der Waals surface area contributed by atoms with E-state index < -0.39 is 0 Å². The van der Waals surface area contributed by atoms with Crippen LogP contribution in [0.5, 0.6) is 0 Å². The Labute approximate surface area is 143 Å². The van der Waals surface area contributed by atoms with Crippen molar-refractivity contribution in [2.24, 2.45) is 0 Å². The van der Waals surface area contributed by atoms with Gasteiger partial charge in [0.25, 0.3) is 11.8 Å². The first-order valence-corrected chi connectivity index (χ1v) is 8.37. The minimum absolute atomic E-state index is 0.110. The van der Waals surface area contributed by atoms with Crippen LogP contribution in [-0.4, -0.2) is 18.4 Å². The van der Waals surface area contributed by atoms with Gasteiger partial charge < -0.3 is 10.6 Å². The fraction of sp³-hybridized carbons (Fsp3) is 0.300. The lowest BCUT2D eigenvalue weighted by Gasteiger charge is -2.11. The van der Waals surface area contributed by atoms with Crippen molar-refractivity contribution in [1.29, 1.82) is 0 Å². The molecule has 2 N–H and O–H groups in total. The lowest BCUT2D eigenvalue weighted by molar-refractivity contribution is 0.0951. The van der Waals surface area contributed by atoms with E-state index in [0.717, 1.165) is 24.8 Å². The number of carbonyl (C=O) groups excluding carboxylic acids is 2. The first-order valence-electron chi connectivity index (χ1n) is 8.37. The standard InChI is InChI=1S/C20H24N2O2/c1-3-4-8-13-21-19(23)17-12-11-15(2)18(14-17)22-20(24)16-9-6-5-7-10-16/h5-7,9-12,14H,3-4,8,13H2,1-2H3,(H,21,23)(H,22,24). The van der Waals surface area contributed by atoms with E-state index in [-0.39, 0.29) is 11.8 Å². The quantitative estimate of drug-likeness (QED) is 0.751. The Bertz CT molecular complexity index is 696. The van der Waals surface area contributed by atoms with Gasteiger partial charge in [0, 0.05) is 23.4 Å². The van der Waals surface area contributed by atoms with Gasteiger partial charge in [-0.2, -0.15) is 0 Å². The summed E-state index contributed by atoms with van der Waals surface area (Å²) in [4.78, 5) is 24.5. The molecule has 2 amide bonds. The number of nitrogens with one attached hydrogen (secondary N) is 2. The lowest BCUT2D eigenvalue weighted by Crippen LogP contribution is -2.24. The van der Waals surface area contributed by atoms with Crippen LogP contribution in [0.15, 0.2) is 48.5 Å². The number of aryl methyl sites for hydroxylation is 1. The SMILES string of the molecule is CCCCCNC(=O)c1ccc(C)c(NC(=O)c2ccccc2)c1. The maximum absolute atomic E-state index is 12.3. The molecule has 0 unspecified atom stereocenters. The first-order chi connectivity index (χ1) is 11.6. The zero-order valence-electron chi connectivity index (χ0n) is 14.3. The number of benzene rings is 2. The summed E-state index contributed by atoms with van der Waals surface area (Å²) in [5.74, 6) is -0.291. The average molecular weight is 324 g/mol. The Kier molecular flexibility index (Phi) is 6.55. The third-order valence-corrected chi connectivity index (χ3v) is 3.85. The summed E-state index contributed by atoms with van der Waals surface area (Å²) < 4.78 is 0. The van der Waals surface area contributed by atoms with Gasteiger partial charge >= 0.3 is 0 Å². The van der Waals surface area contributed by atoms with Crippen LogP contribution >= 0.6 is 0 Å². The summed E-state index contributed by atoms with van der Waals surface area (Å²) in [5, 5.41) is 5.79. The van der Waals surface area contributed by atoms with Crippen molar-refractivity contribution in [3.63, 3.8) is 0 Å². The predicted molar refractivity (Wildman–Crippen MR) is 97.4 cm³/mol. The van der Waals surface area contributed by atoms with Crippen LogP contribution in [0.2, 0.25) is 0 Å². The molecular formula is C20H24N2O2. The molecule has 0 aliphatic heterocycles. The molecule has 0 atom stereocenters. The normalized spacial score (nSPS) is 10.2. The second-order valence-electron chi connectivity index (χ2n) is 5.81. The Morgan fingerprint density at radius 3 is 2.38 bits per heavy atom. The molecule has 0 fully saturated rings. The van der Waals surface area contributed by atoms with Gasteiger partial charge in [-0.1, -0.05) is 44.0 Å². The van der Waals surface area contributed by atoms with Gasteiger partial charge in [0.2, 0.25) is 0 Å². The Morgan fingerprint density at radius 2 is 1.67 bits per heavy atom. The highest BCUT2D eigenvalue weighted by Gasteiger charge is 2.11. The third-order valence-electron chi connectivity index (χ3n) is 3.85. The summed E-state index contributed by atoms with van der Waals surface area (Å²) in [7, 11) is 0. The molecule has 2 rings (SSSR count). The van der Waals surface area contributed by atoms with Gasteiger partial charge in [-0.15, -0.1) is 0 Å². The molecule has 0 saturated carbocycles. The molecule has 4 heteroatoms. The maximum atomic E-state index is 12.3. The van der Waals surface area contributed by atoms with Crippen molar-refractivity contribution >= 4 is 17.5 Å². The highest BCUT2D eigenvalue weighted by atomic mass is 16.2. The van der Waals surface area contributed by atoms with Crippen LogP contribution in [-0.2, 0) is 0 Å². The van der Waals surface area contributed by atoms with Gasteiger partial charge in [0.1, 0.15) is 0 Å². The maximum Gasteiger partial charge on any atom is 0.255 e. The summed E-state index contributed by atoms with van der Waals surface area (Å²) in [5.41, 5.74) is 2.72. The molecule has 2 aromatic rings. The lowest BCUT2D eigenvalue weighted by atomic mass is 10.1. The molecule has 126 valence electrons. The molecule has 4 nitrogen and oxygen atoms in total. The number of rotatable bonds is 7. The number of unbranched alkanes of at least 4 members (excludes halogenated alkanes) is 2. The fourth-order valence-corrected chi connectivity index (χ4v) is 2.36. The molecule has 0 bridgehead atoms. The van der Waals surface area contributed by atoms with Gasteiger partial charge in [0.15, 0.2) is 0 Å². The molecule has 24 heavy (non-hydrogen) atoms. The van der Waals surface area contributed by atoms with E-state index in [4.69, 9.17) is 0 Å². The minimum atomic E-state index is -0.181. The Balaban J connectivity index is 2.05. The summed E-state index contributed by atoms with van der Waals surface area (Å²) >= 11 is 0. The fourth-order valence-electron chi connectivity index (χ4n) is 2.36. The average Bonchev–Trinajstić information content (AvgIpc) is 2.61. The van der Waals surface area contributed by atoms with Crippen molar-refractivity contribution in [1.82, 2.24) is 5.32 Å². The van der Waals surface area contributed by atoms with Crippen LogP contribution < -0.4 is 10.6 Å². The monoisotopic (exact) mass is 324 g/mol.